The van der Waals surface area contributed by atoms with Crippen LogP contribution in [0.3, 0.4) is 0 Å². The molecule has 0 saturated carbocycles. The molecule has 0 spiro atoms. The number of hydrogen-bond acceptors (Lipinski definition) is 3. The summed E-state index contributed by atoms with van der Waals surface area (Å²) in [5, 5.41) is 10.8. The van der Waals surface area contributed by atoms with Crippen molar-refractivity contribution in [2.75, 3.05) is 19.6 Å². The second-order valence-corrected chi connectivity index (χ2v) is 8.84. The normalized spacial score (nSPS) is 16.4. The Labute approximate surface area is 195 Å². The fraction of sp³-hybridized carbons (Fsp3) is 0.241. The quantitative estimate of drug-likeness (QED) is 0.356. The van der Waals surface area contributed by atoms with E-state index in [4.69, 9.17) is 0 Å². The van der Waals surface area contributed by atoms with Gasteiger partial charge in [0.2, 0.25) is 0 Å². The van der Waals surface area contributed by atoms with Crippen molar-refractivity contribution in [1.29, 1.82) is 0 Å². The first-order chi connectivity index (χ1) is 16.2. The van der Waals surface area contributed by atoms with E-state index in [1.807, 2.05) is 0 Å². The van der Waals surface area contributed by atoms with Gasteiger partial charge < -0.3 is 0 Å². The summed E-state index contributed by atoms with van der Waals surface area (Å²) < 4.78 is 0. The van der Waals surface area contributed by atoms with Crippen LogP contribution in [0.25, 0.3) is 11.6 Å². The zero-order valence-electron chi connectivity index (χ0n) is 18.7. The Morgan fingerprint density at radius 1 is 0.788 bits per heavy atom. The molecule has 0 unspecified atom stereocenters. The summed E-state index contributed by atoms with van der Waals surface area (Å²) in [5.74, 6) is 0. The lowest BCUT2D eigenvalue weighted by molar-refractivity contribution is -0.384. The Morgan fingerprint density at radius 3 is 1.94 bits per heavy atom. The Balaban J connectivity index is 1.31. The summed E-state index contributed by atoms with van der Waals surface area (Å²) in [6.45, 7) is 2.99. The van der Waals surface area contributed by atoms with Gasteiger partial charge in [0.05, 0.1) is 4.92 Å². The molecule has 1 aliphatic heterocycles. The lowest BCUT2D eigenvalue weighted by atomic mass is 9.86. The number of piperidine rings is 1. The predicted molar refractivity (Wildman–Crippen MR) is 134 cm³/mol. The first-order valence-electron chi connectivity index (χ1n) is 11.7. The molecule has 0 N–H and O–H groups in total. The minimum absolute atomic E-state index is 0.130. The van der Waals surface area contributed by atoms with Crippen LogP contribution in [0.15, 0.2) is 84.4 Å². The monoisotopic (exact) mass is 436 g/mol. The highest BCUT2D eigenvalue weighted by molar-refractivity contribution is 5.86. The van der Waals surface area contributed by atoms with Gasteiger partial charge in [-0.15, -0.1) is 0 Å². The first-order valence-corrected chi connectivity index (χ1v) is 11.7. The van der Waals surface area contributed by atoms with Gasteiger partial charge in [0, 0.05) is 31.8 Å². The van der Waals surface area contributed by atoms with E-state index in [0.717, 1.165) is 50.9 Å². The SMILES string of the molecule is O=[N+]([O-])c1ccc(/C=C/CN2CCC(=C3c4ccccc4CCc4ccccc43)CC2)cc1. The number of nitro benzene ring substituents is 1. The zero-order valence-corrected chi connectivity index (χ0v) is 18.7. The predicted octanol–water partition coefficient (Wildman–Crippen LogP) is 6.30. The zero-order chi connectivity index (χ0) is 22.6. The molecule has 2 aliphatic rings. The van der Waals surface area contributed by atoms with Crippen molar-refractivity contribution < 1.29 is 4.92 Å². The van der Waals surface area contributed by atoms with E-state index < -0.39 is 0 Å². The molecule has 0 aromatic heterocycles. The Hall–Kier alpha value is -3.50. The van der Waals surface area contributed by atoms with Gasteiger partial charge in [-0.1, -0.05) is 66.3 Å². The molecule has 166 valence electrons. The topological polar surface area (TPSA) is 46.4 Å². The molecule has 4 heteroatoms. The van der Waals surface area contributed by atoms with Gasteiger partial charge in [0.15, 0.2) is 0 Å². The maximum atomic E-state index is 10.8. The third kappa shape index (κ3) is 4.67. The van der Waals surface area contributed by atoms with Crippen molar-refractivity contribution in [2.45, 2.75) is 25.7 Å². The van der Waals surface area contributed by atoms with Crippen LogP contribution in [-0.4, -0.2) is 29.5 Å². The molecule has 5 rings (SSSR count). The summed E-state index contributed by atoms with van der Waals surface area (Å²) >= 11 is 0. The summed E-state index contributed by atoms with van der Waals surface area (Å²) in [6, 6.07) is 24.6. The first kappa shape index (κ1) is 21.4. The van der Waals surface area contributed by atoms with Crippen LogP contribution >= 0.6 is 0 Å². The molecular weight excluding hydrogens is 408 g/mol. The molecule has 1 heterocycles. The average molecular weight is 437 g/mol. The minimum atomic E-state index is -0.363. The van der Waals surface area contributed by atoms with Gasteiger partial charge in [-0.3, -0.25) is 15.0 Å². The standard InChI is InChI=1S/C29H28N2O2/c32-31(33)26-15-11-22(12-16-26)6-5-19-30-20-17-25(18-21-30)29-27-9-3-1-7-23(27)13-14-24-8-2-4-10-28(24)29/h1-12,15-16H,13-14,17-21H2/b6-5+. The second-order valence-electron chi connectivity index (χ2n) is 8.84. The van der Waals surface area contributed by atoms with Crippen molar-refractivity contribution in [1.82, 2.24) is 4.90 Å². The van der Waals surface area contributed by atoms with E-state index in [1.165, 1.54) is 27.8 Å². The molecule has 1 fully saturated rings. The van der Waals surface area contributed by atoms with Gasteiger partial charge in [0.25, 0.3) is 5.69 Å². The summed E-state index contributed by atoms with van der Waals surface area (Å²) in [4.78, 5) is 12.9. The van der Waals surface area contributed by atoms with E-state index >= 15 is 0 Å². The fourth-order valence-corrected chi connectivity index (χ4v) is 5.06. The highest BCUT2D eigenvalue weighted by atomic mass is 16.6. The average Bonchev–Trinajstić information content (AvgIpc) is 3.02. The van der Waals surface area contributed by atoms with Crippen molar-refractivity contribution in [2.24, 2.45) is 0 Å². The largest absolute Gasteiger partial charge is 0.299 e. The number of fused-ring (bicyclic) bond motifs is 2. The van der Waals surface area contributed by atoms with E-state index in [2.05, 4.69) is 65.6 Å². The molecule has 4 nitrogen and oxygen atoms in total. The minimum Gasteiger partial charge on any atom is -0.299 e. The Kier molecular flexibility index (Phi) is 6.18. The van der Waals surface area contributed by atoms with Gasteiger partial charge in [-0.2, -0.15) is 0 Å². The Morgan fingerprint density at radius 2 is 1.36 bits per heavy atom. The summed E-state index contributed by atoms with van der Waals surface area (Å²) in [6.07, 6.45) is 8.59. The van der Waals surface area contributed by atoms with Crippen molar-refractivity contribution in [3.63, 3.8) is 0 Å². The Bertz CT molecular complexity index is 1160. The summed E-state index contributed by atoms with van der Waals surface area (Å²) in [5.41, 5.74) is 9.94. The molecule has 0 bridgehead atoms. The molecule has 0 atom stereocenters. The molecule has 3 aromatic carbocycles. The number of aryl methyl sites for hydroxylation is 2. The van der Waals surface area contributed by atoms with Gasteiger partial charge in [0.1, 0.15) is 0 Å². The second kappa shape index (κ2) is 9.55. The number of rotatable bonds is 4. The van der Waals surface area contributed by atoms with Crippen LogP contribution in [0.2, 0.25) is 0 Å². The van der Waals surface area contributed by atoms with Crippen LogP contribution in [0, 0.1) is 10.1 Å². The van der Waals surface area contributed by atoms with Gasteiger partial charge in [-0.25, -0.2) is 0 Å². The number of hydrogen-bond donors (Lipinski definition) is 0. The van der Waals surface area contributed by atoms with Gasteiger partial charge in [-0.05, 0) is 71.2 Å². The number of benzene rings is 3. The van der Waals surface area contributed by atoms with Gasteiger partial charge >= 0.3 is 0 Å². The van der Waals surface area contributed by atoms with E-state index in [1.54, 1.807) is 29.8 Å². The number of likely N-dealkylation sites (tertiary alicyclic amines) is 1. The van der Waals surface area contributed by atoms with E-state index in [9.17, 15) is 10.1 Å². The lowest BCUT2D eigenvalue weighted by Crippen LogP contribution is -2.31. The van der Waals surface area contributed by atoms with E-state index in [-0.39, 0.29) is 10.6 Å². The molecular formula is C29H28N2O2. The molecule has 0 amide bonds. The van der Waals surface area contributed by atoms with Crippen molar-refractivity contribution in [3.8, 4) is 0 Å². The third-order valence-corrected chi connectivity index (χ3v) is 6.83. The molecule has 1 aliphatic carbocycles. The van der Waals surface area contributed by atoms with Crippen LogP contribution in [0.4, 0.5) is 5.69 Å². The molecule has 0 radical (unpaired) electrons. The van der Waals surface area contributed by atoms with Crippen LogP contribution in [0.5, 0.6) is 0 Å². The van der Waals surface area contributed by atoms with Crippen molar-refractivity contribution >= 4 is 17.3 Å². The number of non-ortho nitro benzene ring substituents is 1. The van der Waals surface area contributed by atoms with E-state index in [0.29, 0.717) is 0 Å². The van der Waals surface area contributed by atoms with Crippen LogP contribution in [-0.2, 0) is 12.8 Å². The van der Waals surface area contributed by atoms with Crippen LogP contribution in [0.1, 0.15) is 40.7 Å². The van der Waals surface area contributed by atoms with Crippen LogP contribution < -0.4 is 0 Å². The summed E-state index contributed by atoms with van der Waals surface area (Å²) in [7, 11) is 0. The number of nitrogens with zero attached hydrogens (tertiary/aromatic N) is 2. The smallest absolute Gasteiger partial charge is 0.269 e. The highest BCUT2D eigenvalue weighted by Gasteiger charge is 2.23. The maximum Gasteiger partial charge on any atom is 0.269 e. The molecule has 3 aromatic rings. The number of nitro groups is 1. The highest BCUT2D eigenvalue weighted by Crippen LogP contribution is 2.38. The fourth-order valence-electron chi connectivity index (χ4n) is 5.06. The van der Waals surface area contributed by atoms with Crippen molar-refractivity contribution in [3.05, 3.63) is 122 Å². The molecule has 1 saturated heterocycles. The molecule has 33 heavy (non-hydrogen) atoms. The third-order valence-electron chi connectivity index (χ3n) is 6.83. The maximum absolute atomic E-state index is 10.8. The lowest BCUT2D eigenvalue weighted by Gasteiger charge is -2.29.